The zero-order chi connectivity index (χ0) is 19.5. The van der Waals surface area contributed by atoms with Gasteiger partial charge in [-0.1, -0.05) is 26.0 Å². The molecule has 1 N–H and O–H groups in total. The second-order valence-electron chi connectivity index (χ2n) is 8.46. The number of hydrogen-bond acceptors (Lipinski definition) is 5. The van der Waals surface area contributed by atoms with Gasteiger partial charge in [-0.3, -0.25) is 4.79 Å². The summed E-state index contributed by atoms with van der Waals surface area (Å²) in [4.78, 5) is 14.5. The summed E-state index contributed by atoms with van der Waals surface area (Å²) in [7, 11) is 0. The Morgan fingerprint density at radius 1 is 1.07 bits per heavy atom. The van der Waals surface area contributed by atoms with Crippen molar-refractivity contribution < 1.29 is 14.3 Å². The van der Waals surface area contributed by atoms with Gasteiger partial charge in [0.05, 0.1) is 0 Å². The van der Waals surface area contributed by atoms with Crippen LogP contribution in [0.15, 0.2) is 52.6 Å². The molecule has 1 atom stereocenters. The maximum atomic E-state index is 13.2. The van der Waals surface area contributed by atoms with Crippen molar-refractivity contribution in [3.8, 4) is 11.5 Å². The summed E-state index contributed by atoms with van der Waals surface area (Å²) in [6.07, 6.45) is 3.51. The third-order valence-corrected chi connectivity index (χ3v) is 6.54. The Morgan fingerprint density at radius 3 is 2.50 bits per heavy atom. The minimum atomic E-state index is -0.0831. The van der Waals surface area contributed by atoms with Crippen molar-refractivity contribution in [2.24, 2.45) is 5.41 Å². The first kappa shape index (κ1) is 17.7. The second kappa shape index (κ2) is 6.31. The van der Waals surface area contributed by atoms with Gasteiger partial charge in [-0.2, -0.15) is 0 Å². The van der Waals surface area contributed by atoms with Gasteiger partial charge < -0.3 is 14.8 Å². The first-order chi connectivity index (χ1) is 13.4. The summed E-state index contributed by atoms with van der Waals surface area (Å²) in [6.45, 7) is 4.56. The molecule has 0 unspecified atom stereocenters. The fraction of sp³-hybridized carbons (Fsp3) is 0.348. The number of nitrogens with one attached hydrogen (secondary N) is 1. The van der Waals surface area contributed by atoms with Crippen molar-refractivity contribution in [1.82, 2.24) is 0 Å². The summed E-state index contributed by atoms with van der Waals surface area (Å²) < 4.78 is 11.2. The molecule has 4 nitrogen and oxygen atoms in total. The van der Waals surface area contributed by atoms with E-state index in [4.69, 9.17) is 9.47 Å². The van der Waals surface area contributed by atoms with Crippen molar-refractivity contribution >= 4 is 23.2 Å². The summed E-state index contributed by atoms with van der Waals surface area (Å²) in [5, 5.41) is 3.56. The van der Waals surface area contributed by atoms with E-state index >= 15 is 0 Å². The van der Waals surface area contributed by atoms with E-state index in [9.17, 15) is 4.79 Å². The molecule has 0 saturated heterocycles. The number of rotatable bonds is 2. The molecule has 0 aromatic heterocycles. The average molecular weight is 394 g/mol. The molecule has 0 amide bonds. The van der Waals surface area contributed by atoms with Crippen LogP contribution in [0.5, 0.6) is 11.5 Å². The summed E-state index contributed by atoms with van der Waals surface area (Å²) in [6, 6.07) is 12.6. The van der Waals surface area contributed by atoms with Gasteiger partial charge in [0.1, 0.15) is 0 Å². The van der Waals surface area contributed by atoms with Gasteiger partial charge >= 0.3 is 0 Å². The van der Waals surface area contributed by atoms with E-state index < -0.39 is 0 Å². The molecule has 2 aromatic carbocycles. The van der Waals surface area contributed by atoms with Gasteiger partial charge in [-0.25, -0.2) is 0 Å². The maximum Gasteiger partial charge on any atom is 0.231 e. The molecule has 2 heterocycles. The molecule has 3 aliphatic rings. The third kappa shape index (κ3) is 2.80. The minimum Gasteiger partial charge on any atom is -0.454 e. The van der Waals surface area contributed by atoms with Crippen molar-refractivity contribution in [3.63, 3.8) is 0 Å². The Balaban J connectivity index is 1.70. The Bertz CT molecular complexity index is 1010. The van der Waals surface area contributed by atoms with Crippen LogP contribution in [0.25, 0.3) is 0 Å². The Labute approximate surface area is 169 Å². The van der Waals surface area contributed by atoms with Crippen molar-refractivity contribution in [2.45, 2.75) is 37.5 Å². The number of anilines is 1. The lowest BCUT2D eigenvalue weighted by Gasteiger charge is -2.39. The predicted molar refractivity (Wildman–Crippen MR) is 111 cm³/mol. The zero-order valence-electron chi connectivity index (χ0n) is 16.3. The number of fused-ring (bicyclic) bond motifs is 2. The van der Waals surface area contributed by atoms with Crippen LogP contribution in [0.1, 0.15) is 43.7 Å². The number of allylic oxidation sites excluding steroid dienone is 2. The van der Waals surface area contributed by atoms with Crippen molar-refractivity contribution in [3.05, 3.63) is 58.8 Å². The smallest absolute Gasteiger partial charge is 0.231 e. The number of ether oxygens (including phenoxy) is 2. The van der Waals surface area contributed by atoms with Gasteiger partial charge in [0.25, 0.3) is 0 Å². The highest BCUT2D eigenvalue weighted by molar-refractivity contribution is 7.98. The Morgan fingerprint density at radius 2 is 1.79 bits per heavy atom. The molecule has 28 heavy (non-hydrogen) atoms. The normalized spacial score (nSPS) is 21.8. The first-order valence-corrected chi connectivity index (χ1v) is 10.8. The average Bonchev–Trinajstić information content (AvgIpc) is 3.11. The lowest BCUT2D eigenvalue weighted by molar-refractivity contribution is -0.118. The van der Waals surface area contributed by atoms with Crippen LogP contribution in [0.3, 0.4) is 0 Å². The number of ketones is 1. The number of carbonyl (C=O) groups is 1. The van der Waals surface area contributed by atoms with Crippen LogP contribution in [-0.2, 0) is 4.79 Å². The van der Waals surface area contributed by atoms with Crippen LogP contribution in [0, 0.1) is 5.41 Å². The molecule has 0 bridgehead atoms. The molecule has 1 aliphatic carbocycles. The lowest BCUT2D eigenvalue weighted by Crippen LogP contribution is -2.33. The van der Waals surface area contributed by atoms with Crippen LogP contribution in [-0.4, -0.2) is 18.8 Å². The Hall–Kier alpha value is -2.40. The first-order valence-electron chi connectivity index (χ1n) is 9.56. The van der Waals surface area contributed by atoms with E-state index in [1.165, 1.54) is 4.90 Å². The molecular formula is C23H23NO3S. The summed E-state index contributed by atoms with van der Waals surface area (Å²) in [5.41, 5.74) is 5.14. The van der Waals surface area contributed by atoms with E-state index in [2.05, 4.69) is 49.7 Å². The van der Waals surface area contributed by atoms with Crippen LogP contribution in [0.4, 0.5) is 5.69 Å². The van der Waals surface area contributed by atoms with E-state index in [1.807, 2.05) is 12.1 Å². The number of Topliss-reactive ketones (excluding diaryl/α,β-unsaturated/α-hetero) is 1. The molecule has 0 fully saturated rings. The molecule has 144 valence electrons. The molecule has 2 aliphatic heterocycles. The number of carbonyl (C=O) groups excluding carboxylic acids is 1. The quantitative estimate of drug-likeness (QED) is 0.698. The minimum absolute atomic E-state index is 0.0377. The van der Waals surface area contributed by atoms with Crippen LogP contribution >= 0.6 is 11.8 Å². The van der Waals surface area contributed by atoms with Gasteiger partial charge in [-0.05, 0) is 47.4 Å². The maximum absolute atomic E-state index is 13.2. The second-order valence-corrected chi connectivity index (χ2v) is 9.34. The van der Waals surface area contributed by atoms with Crippen LogP contribution < -0.4 is 14.8 Å². The monoisotopic (exact) mass is 393 g/mol. The number of thioether (sulfide) groups is 1. The predicted octanol–water partition coefficient (Wildman–Crippen LogP) is 5.34. The summed E-state index contributed by atoms with van der Waals surface area (Å²) in [5.74, 6) is 1.66. The zero-order valence-corrected chi connectivity index (χ0v) is 17.1. The van der Waals surface area contributed by atoms with Crippen molar-refractivity contribution in [1.29, 1.82) is 0 Å². The molecule has 0 radical (unpaired) electrons. The van der Waals surface area contributed by atoms with Gasteiger partial charge in [0.2, 0.25) is 6.79 Å². The topological polar surface area (TPSA) is 47.6 Å². The van der Waals surface area contributed by atoms with E-state index in [0.717, 1.165) is 46.0 Å². The standard InChI is InChI=1S/C23H23NO3S/c1-23(2)10-17-22(18(25)11-23)21(13-4-6-14(28-3)7-5-13)15-8-19-20(27-12-26-19)9-16(15)24-17/h4-9,21,24H,10-12H2,1-3H3/t21-/m1/s1. The number of hydrogen-bond donors (Lipinski definition) is 1. The van der Waals surface area contributed by atoms with Gasteiger partial charge in [0, 0.05) is 40.3 Å². The number of benzene rings is 2. The third-order valence-electron chi connectivity index (χ3n) is 5.80. The van der Waals surface area contributed by atoms with E-state index in [-0.39, 0.29) is 23.9 Å². The summed E-state index contributed by atoms with van der Waals surface area (Å²) >= 11 is 1.72. The van der Waals surface area contributed by atoms with Crippen molar-refractivity contribution in [2.75, 3.05) is 18.4 Å². The van der Waals surface area contributed by atoms with Gasteiger partial charge in [-0.15, -0.1) is 11.8 Å². The fourth-order valence-electron chi connectivity index (χ4n) is 4.55. The molecule has 0 saturated carbocycles. The lowest BCUT2D eigenvalue weighted by atomic mass is 9.69. The molecule has 5 heteroatoms. The fourth-order valence-corrected chi connectivity index (χ4v) is 4.95. The van der Waals surface area contributed by atoms with Gasteiger partial charge in [0.15, 0.2) is 17.3 Å². The molecule has 5 rings (SSSR count). The molecule has 0 spiro atoms. The van der Waals surface area contributed by atoms with E-state index in [0.29, 0.717) is 6.42 Å². The molecule has 2 aromatic rings. The highest BCUT2D eigenvalue weighted by Gasteiger charge is 2.41. The largest absolute Gasteiger partial charge is 0.454 e. The highest BCUT2D eigenvalue weighted by atomic mass is 32.2. The Kier molecular flexibility index (Phi) is 3.98. The van der Waals surface area contributed by atoms with Crippen LogP contribution in [0.2, 0.25) is 0 Å². The van der Waals surface area contributed by atoms with E-state index in [1.54, 1.807) is 11.8 Å². The molecular weight excluding hydrogens is 370 g/mol. The SMILES string of the molecule is CSc1ccc([C@H]2C3=C(CC(C)(C)CC3=O)Nc3cc4c(cc32)OCO4)cc1. The highest BCUT2D eigenvalue weighted by Crippen LogP contribution is 2.51.